The van der Waals surface area contributed by atoms with Crippen LogP contribution in [-0.2, 0) is 11.3 Å². The maximum absolute atomic E-state index is 10.7. The molecule has 19 heavy (non-hydrogen) atoms. The Hall–Kier alpha value is -1.95. The molecule has 0 unspecified atom stereocenters. The number of amides is 1. The number of hydrogen-bond acceptors (Lipinski definition) is 4. The molecule has 1 rings (SSSR count). The molecular formula is C13H19NO5. The first-order chi connectivity index (χ1) is 9.12. The minimum absolute atomic E-state index is 0.310. The Labute approximate surface area is 112 Å². The molecule has 106 valence electrons. The maximum Gasteiger partial charge on any atom is 0.409 e. The van der Waals surface area contributed by atoms with E-state index >= 15 is 0 Å². The fourth-order valence-electron chi connectivity index (χ4n) is 1.69. The van der Waals surface area contributed by atoms with Gasteiger partial charge in [-0.3, -0.25) is 5.32 Å². The molecule has 6 heteroatoms. The smallest absolute Gasteiger partial charge is 0.409 e. The predicted octanol–water partition coefficient (Wildman–Crippen LogP) is 2.72. The first kappa shape index (κ1) is 15.1. The average molecular weight is 269 g/mol. The van der Waals surface area contributed by atoms with Crippen molar-refractivity contribution in [2.45, 2.75) is 20.5 Å². The third kappa shape index (κ3) is 4.33. The highest BCUT2D eigenvalue weighted by atomic mass is 16.5. The van der Waals surface area contributed by atoms with Crippen molar-refractivity contribution >= 4 is 11.8 Å². The summed E-state index contributed by atoms with van der Waals surface area (Å²) in [6.07, 6.45) is -1.13. The van der Waals surface area contributed by atoms with Crippen LogP contribution in [0.2, 0.25) is 0 Å². The molecule has 0 aliphatic carbocycles. The van der Waals surface area contributed by atoms with Crippen LogP contribution >= 0.6 is 0 Å². The highest BCUT2D eigenvalue weighted by Crippen LogP contribution is 2.35. The molecule has 0 fully saturated rings. The van der Waals surface area contributed by atoms with Crippen LogP contribution in [0.25, 0.3) is 0 Å². The number of benzene rings is 1. The molecule has 0 bridgehead atoms. The zero-order valence-electron chi connectivity index (χ0n) is 11.4. The van der Waals surface area contributed by atoms with E-state index in [1.165, 1.54) is 0 Å². The van der Waals surface area contributed by atoms with Gasteiger partial charge in [0.05, 0.1) is 19.8 Å². The third-order valence-electron chi connectivity index (χ3n) is 2.27. The van der Waals surface area contributed by atoms with Crippen molar-refractivity contribution in [3.05, 3.63) is 17.7 Å². The Bertz CT molecular complexity index is 406. The molecule has 0 aromatic heterocycles. The van der Waals surface area contributed by atoms with Gasteiger partial charge in [0.2, 0.25) is 0 Å². The van der Waals surface area contributed by atoms with Crippen LogP contribution in [-0.4, -0.2) is 31.5 Å². The van der Waals surface area contributed by atoms with Crippen molar-refractivity contribution in [3.63, 3.8) is 0 Å². The number of carboxylic acid groups (broad SMARTS) is 1. The summed E-state index contributed by atoms with van der Waals surface area (Å²) in [5.74, 6) is 1.09. The quantitative estimate of drug-likeness (QED) is 0.795. The largest absolute Gasteiger partial charge is 0.490 e. The number of nitrogens with one attached hydrogen (secondary N) is 1. The predicted molar refractivity (Wildman–Crippen MR) is 71.1 cm³/mol. The van der Waals surface area contributed by atoms with Crippen LogP contribution in [0.3, 0.4) is 0 Å². The fraction of sp³-hybridized carbons (Fsp3) is 0.462. The molecular weight excluding hydrogens is 250 g/mol. The Morgan fingerprint density at radius 3 is 2.47 bits per heavy atom. The lowest BCUT2D eigenvalue weighted by Crippen LogP contribution is -2.09. The summed E-state index contributed by atoms with van der Waals surface area (Å²) >= 11 is 0. The molecule has 0 aliphatic rings. The lowest BCUT2D eigenvalue weighted by Gasteiger charge is -2.16. The molecule has 2 N–H and O–H groups in total. The number of ether oxygens (including phenoxy) is 3. The van der Waals surface area contributed by atoms with E-state index in [1.807, 2.05) is 13.8 Å². The van der Waals surface area contributed by atoms with Crippen LogP contribution in [0.5, 0.6) is 11.5 Å². The normalized spacial score (nSPS) is 10.1. The van der Waals surface area contributed by atoms with Gasteiger partial charge in [-0.1, -0.05) is 0 Å². The molecule has 1 amide bonds. The molecule has 0 radical (unpaired) electrons. The number of rotatable bonds is 7. The Morgan fingerprint density at radius 2 is 1.95 bits per heavy atom. The standard InChI is InChI=1S/C13H19NO5/c1-4-18-11-7-10(14-13(15)16)6-9(8-17-3)12(11)19-5-2/h6-7,14H,4-5,8H2,1-3H3,(H,15,16). The first-order valence-corrected chi connectivity index (χ1v) is 6.03. The number of carbonyl (C=O) groups is 1. The average Bonchev–Trinajstić information content (AvgIpc) is 2.33. The lowest BCUT2D eigenvalue weighted by molar-refractivity contribution is 0.178. The molecule has 0 spiro atoms. The zero-order chi connectivity index (χ0) is 14.3. The van der Waals surface area contributed by atoms with E-state index in [0.29, 0.717) is 37.0 Å². The fourth-order valence-corrected chi connectivity index (χ4v) is 1.69. The topological polar surface area (TPSA) is 77.0 Å². The van der Waals surface area contributed by atoms with Crippen LogP contribution in [0.4, 0.5) is 10.5 Å². The minimum atomic E-state index is -1.13. The summed E-state index contributed by atoms with van der Waals surface area (Å²) in [5.41, 5.74) is 1.16. The van der Waals surface area contributed by atoms with Gasteiger partial charge in [0.15, 0.2) is 11.5 Å². The van der Waals surface area contributed by atoms with Gasteiger partial charge in [-0.25, -0.2) is 4.79 Å². The highest BCUT2D eigenvalue weighted by molar-refractivity contribution is 5.83. The molecule has 1 aromatic rings. The van der Waals surface area contributed by atoms with E-state index < -0.39 is 6.09 Å². The molecule has 0 aliphatic heterocycles. The van der Waals surface area contributed by atoms with Gasteiger partial charge in [-0.15, -0.1) is 0 Å². The number of anilines is 1. The first-order valence-electron chi connectivity index (χ1n) is 6.03. The molecule has 0 saturated carbocycles. The summed E-state index contributed by atoms with van der Waals surface area (Å²) in [7, 11) is 1.56. The summed E-state index contributed by atoms with van der Waals surface area (Å²) in [5, 5.41) is 11.1. The van der Waals surface area contributed by atoms with Crippen LogP contribution < -0.4 is 14.8 Å². The van der Waals surface area contributed by atoms with Crippen LogP contribution in [0.15, 0.2) is 12.1 Å². The maximum atomic E-state index is 10.7. The summed E-state index contributed by atoms with van der Waals surface area (Å²) < 4.78 is 16.1. The molecule has 0 heterocycles. The summed E-state index contributed by atoms with van der Waals surface area (Å²) in [4.78, 5) is 10.7. The number of methoxy groups -OCH3 is 1. The number of hydrogen-bond donors (Lipinski definition) is 2. The van der Waals surface area contributed by atoms with Gasteiger partial charge < -0.3 is 19.3 Å². The van der Waals surface area contributed by atoms with E-state index in [0.717, 1.165) is 5.56 Å². The van der Waals surface area contributed by atoms with Gasteiger partial charge in [0.1, 0.15) is 0 Å². The second kappa shape index (κ2) is 7.48. The van der Waals surface area contributed by atoms with Crippen molar-refractivity contribution in [1.29, 1.82) is 0 Å². The summed E-state index contributed by atoms with van der Waals surface area (Å²) in [6.45, 7) is 4.98. The monoisotopic (exact) mass is 269 g/mol. The summed E-state index contributed by atoms with van der Waals surface area (Å²) in [6, 6.07) is 3.27. The van der Waals surface area contributed by atoms with Crippen LogP contribution in [0.1, 0.15) is 19.4 Å². The Balaban J connectivity index is 3.20. The molecule has 1 aromatic carbocycles. The second-order valence-electron chi connectivity index (χ2n) is 3.69. The SMILES string of the molecule is CCOc1cc(NC(=O)O)cc(COC)c1OCC. The second-order valence-corrected chi connectivity index (χ2v) is 3.69. The lowest BCUT2D eigenvalue weighted by atomic mass is 10.1. The van der Waals surface area contributed by atoms with Gasteiger partial charge in [-0.2, -0.15) is 0 Å². The highest BCUT2D eigenvalue weighted by Gasteiger charge is 2.14. The van der Waals surface area contributed by atoms with Gasteiger partial charge in [0, 0.05) is 24.4 Å². The van der Waals surface area contributed by atoms with Gasteiger partial charge in [0.25, 0.3) is 0 Å². The van der Waals surface area contributed by atoms with Gasteiger partial charge >= 0.3 is 6.09 Å². The van der Waals surface area contributed by atoms with E-state index in [-0.39, 0.29) is 0 Å². The zero-order valence-corrected chi connectivity index (χ0v) is 11.4. The van der Waals surface area contributed by atoms with E-state index in [2.05, 4.69) is 5.32 Å². The van der Waals surface area contributed by atoms with E-state index in [9.17, 15) is 4.79 Å². The van der Waals surface area contributed by atoms with Crippen molar-refractivity contribution < 1.29 is 24.1 Å². The van der Waals surface area contributed by atoms with E-state index in [4.69, 9.17) is 19.3 Å². The van der Waals surface area contributed by atoms with Crippen molar-refractivity contribution in [2.24, 2.45) is 0 Å². The Morgan fingerprint density at radius 1 is 1.26 bits per heavy atom. The van der Waals surface area contributed by atoms with Crippen molar-refractivity contribution in [3.8, 4) is 11.5 Å². The molecule has 0 atom stereocenters. The van der Waals surface area contributed by atoms with Gasteiger partial charge in [-0.05, 0) is 19.9 Å². The van der Waals surface area contributed by atoms with Crippen molar-refractivity contribution in [2.75, 3.05) is 25.6 Å². The third-order valence-corrected chi connectivity index (χ3v) is 2.27. The minimum Gasteiger partial charge on any atom is -0.490 e. The van der Waals surface area contributed by atoms with E-state index in [1.54, 1.807) is 19.2 Å². The Kier molecular flexibility index (Phi) is 5.95. The van der Waals surface area contributed by atoms with Crippen molar-refractivity contribution in [1.82, 2.24) is 0 Å². The molecule has 6 nitrogen and oxygen atoms in total. The van der Waals surface area contributed by atoms with Crippen LogP contribution in [0, 0.1) is 0 Å². The molecule has 0 saturated heterocycles.